The van der Waals surface area contributed by atoms with Gasteiger partial charge in [0.05, 0.1) is 0 Å². The first-order chi connectivity index (χ1) is 6.85. The van der Waals surface area contributed by atoms with Gasteiger partial charge in [0.25, 0.3) is 0 Å². The molecule has 1 aromatic rings. The lowest BCUT2D eigenvalue weighted by Gasteiger charge is -2.15. The lowest BCUT2D eigenvalue weighted by Crippen LogP contribution is -2.22. The molecule has 14 heavy (non-hydrogen) atoms. The fourth-order valence-electron chi connectivity index (χ4n) is 1.76. The highest BCUT2D eigenvalue weighted by molar-refractivity contribution is 5.34. The molecule has 4 nitrogen and oxygen atoms in total. The monoisotopic (exact) mass is 190 g/mol. The van der Waals surface area contributed by atoms with Gasteiger partial charge in [-0.3, -0.25) is 0 Å². The smallest absolute Gasteiger partial charge is 0.226 e. The van der Waals surface area contributed by atoms with Crippen molar-refractivity contribution in [1.82, 2.24) is 14.8 Å². The number of aromatic nitrogens is 3. The molecule has 0 saturated carbocycles. The number of aryl methyl sites for hydroxylation is 1. The highest BCUT2D eigenvalue weighted by Gasteiger charge is 2.18. The number of hydrogen-bond donors (Lipinski definition) is 0. The summed E-state index contributed by atoms with van der Waals surface area (Å²) in [6.45, 7) is 5.01. The van der Waals surface area contributed by atoms with Crippen LogP contribution in [0.25, 0.3) is 0 Å². The number of anilines is 1. The third kappa shape index (κ3) is 1.46. The van der Waals surface area contributed by atoms with Gasteiger partial charge in [-0.1, -0.05) is 0 Å². The lowest BCUT2D eigenvalue weighted by molar-refractivity contribution is 0.643. The van der Waals surface area contributed by atoms with Crippen LogP contribution >= 0.6 is 0 Å². The van der Waals surface area contributed by atoms with Crippen molar-refractivity contribution in [3.05, 3.63) is 5.82 Å². The Balaban J connectivity index is 2.31. The zero-order valence-electron chi connectivity index (χ0n) is 8.40. The Morgan fingerprint density at radius 2 is 2.14 bits per heavy atom. The Bertz CT molecular complexity index is 355. The van der Waals surface area contributed by atoms with E-state index in [4.69, 9.17) is 6.42 Å². The van der Waals surface area contributed by atoms with Crippen LogP contribution < -0.4 is 4.90 Å². The van der Waals surface area contributed by atoms with Gasteiger partial charge in [0.15, 0.2) is 0 Å². The molecule has 0 N–H and O–H groups in total. The second-order valence-electron chi connectivity index (χ2n) is 3.39. The van der Waals surface area contributed by atoms with Gasteiger partial charge in [-0.15, -0.1) is 11.5 Å². The quantitative estimate of drug-likeness (QED) is 0.649. The maximum absolute atomic E-state index is 5.28. The van der Waals surface area contributed by atoms with Crippen LogP contribution in [-0.4, -0.2) is 27.9 Å². The largest absolute Gasteiger partial charge is 0.341 e. The fourth-order valence-corrected chi connectivity index (χ4v) is 1.76. The summed E-state index contributed by atoms with van der Waals surface area (Å²) in [6, 6.07) is 0. The molecule has 2 rings (SSSR count). The first kappa shape index (κ1) is 9.07. The lowest BCUT2D eigenvalue weighted by atomic mass is 10.4. The van der Waals surface area contributed by atoms with Crippen LogP contribution in [0.4, 0.5) is 5.95 Å². The molecule has 0 spiro atoms. The predicted molar refractivity (Wildman–Crippen MR) is 55.1 cm³/mol. The van der Waals surface area contributed by atoms with Gasteiger partial charge in [-0.25, -0.2) is 4.68 Å². The van der Waals surface area contributed by atoms with Crippen molar-refractivity contribution >= 4 is 5.95 Å². The molecule has 1 saturated heterocycles. The van der Waals surface area contributed by atoms with Crippen LogP contribution in [0.1, 0.15) is 25.6 Å². The van der Waals surface area contributed by atoms with Crippen molar-refractivity contribution in [2.75, 3.05) is 18.0 Å². The molecule has 1 aliphatic heterocycles. The van der Waals surface area contributed by atoms with Crippen molar-refractivity contribution in [3.63, 3.8) is 0 Å². The minimum Gasteiger partial charge on any atom is -0.341 e. The van der Waals surface area contributed by atoms with E-state index in [1.165, 1.54) is 12.8 Å². The summed E-state index contributed by atoms with van der Waals surface area (Å²) in [4.78, 5) is 6.57. The standard InChI is InChI=1S/C10H14N4/c1-3-9-11-10(14(4-2)12-9)13-7-5-6-8-13/h1H,4-8H2,2H3. The van der Waals surface area contributed by atoms with E-state index >= 15 is 0 Å². The fraction of sp³-hybridized carbons (Fsp3) is 0.600. The Kier molecular flexibility index (Phi) is 2.40. The van der Waals surface area contributed by atoms with Gasteiger partial charge >= 0.3 is 0 Å². The number of rotatable bonds is 2. The van der Waals surface area contributed by atoms with Crippen molar-refractivity contribution < 1.29 is 0 Å². The zero-order valence-corrected chi connectivity index (χ0v) is 8.40. The summed E-state index contributed by atoms with van der Waals surface area (Å²) in [5.74, 6) is 3.90. The van der Waals surface area contributed by atoms with E-state index in [-0.39, 0.29) is 0 Å². The van der Waals surface area contributed by atoms with Crippen LogP contribution in [0.5, 0.6) is 0 Å². The molecule has 4 heteroatoms. The highest BCUT2D eigenvalue weighted by atomic mass is 15.4. The average molecular weight is 190 g/mol. The van der Waals surface area contributed by atoms with E-state index in [2.05, 4.69) is 27.8 Å². The maximum Gasteiger partial charge on any atom is 0.226 e. The minimum absolute atomic E-state index is 0.494. The van der Waals surface area contributed by atoms with Gasteiger partial charge in [0, 0.05) is 19.6 Å². The molecular formula is C10H14N4. The molecule has 1 aromatic heterocycles. The molecule has 0 amide bonds. The van der Waals surface area contributed by atoms with Gasteiger partial charge in [-0.2, -0.15) is 4.98 Å². The summed E-state index contributed by atoms with van der Waals surface area (Å²) in [5, 5.41) is 4.22. The van der Waals surface area contributed by atoms with Gasteiger partial charge in [-0.05, 0) is 25.7 Å². The summed E-state index contributed by atoms with van der Waals surface area (Å²) < 4.78 is 1.88. The molecule has 0 unspecified atom stereocenters. The second kappa shape index (κ2) is 3.70. The second-order valence-corrected chi connectivity index (χ2v) is 3.39. The molecule has 0 bridgehead atoms. The Labute approximate surface area is 83.9 Å². The Hall–Kier alpha value is -1.50. The third-order valence-corrected chi connectivity index (χ3v) is 2.47. The van der Waals surface area contributed by atoms with E-state index in [1.807, 2.05) is 4.68 Å². The van der Waals surface area contributed by atoms with Crippen LogP contribution in [0.15, 0.2) is 0 Å². The van der Waals surface area contributed by atoms with E-state index in [9.17, 15) is 0 Å². The summed E-state index contributed by atoms with van der Waals surface area (Å²) in [7, 11) is 0. The van der Waals surface area contributed by atoms with Crippen LogP contribution in [0.3, 0.4) is 0 Å². The molecule has 1 aliphatic rings. The molecule has 0 radical (unpaired) electrons. The van der Waals surface area contributed by atoms with Crippen molar-refractivity contribution in [2.24, 2.45) is 0 Å². The molecule has 1 fully saturated rings. The first-order valence-electron chi connectivity index (χ1n) is 5.01. The Morgan fingerprint density at radius 3 is 2.71 bits per heavy atom. The molecule has 0 atom stereocenters. The summed E-state index contributed by atoms with van der Waals surface area (Å²) in [5.41, 5.74) is 0. The molecular weight excluding hydrogens is 176 g/mol. The van der Waals surface area contributed by atoms with Gasteiger partial charge in [0.1, 0.15) is 0 Å². The first-order valence-corrected chi connectivity index (χ1v) is 5.01. The zero-order chi connectivity index (χ0) is 9.97. The number of hydrogen-bond acceptors (Lipinski definition) is 3. The molecule has 74 valence electrons. The Morgan fingerprint density at radius 1 is 1.43 bits per heavy atom. The minimum atomic E-state index is 0.494. The van der Waals surface area contributed by atoms with Gasteiger partial charge in [0.2, 0.25) is 11.8 Å². The van der Waals surface area contributed by atoms with Crippen LogP contribution in [0.2, 0.25) is 0 Å². The summed E-state index contributed by atoms with van der Waals surface area (Å²) in [6.07, 6.45) is 7.75. The SMILES string of the molecule is C#Cc1nc(N2CCCC2)n(CC)n1. The topological polar surface area (TPSA) is 34.0 Å². The average Bonchev–Trinajstić information content (AvgIpc) is 2.85. The van der Waals surface area contributed by atoms with Crippen LogP contribution in [0, 0.1) is 12.3 Å². The number of terminal acetylenes is 1. The molecule has 0 aliphatic carbocycles. The van der Waals surface area contributed by atoms with E-state index < -0.39 is 0 Å². The predicted octanol–water partition coefficient (Wildman–Crippen LogP) is 0.879. The summed E-state index contributed by atoms with van der Waals surface area (Å²) >= 11 is 0. The molecule has 0 aromatic carbocycles. The third-order valence-electron chi connectivity index (χ3n) is 2.47. The van der Waals surface area contributed by atoms with Crippen LogP contribution in [-0.2, 0) is 6.54 Å². The van der Waals surface area contributed by atoms with Crippen molar-refractivity contribution in [2.45, 2.75) is 26.3 Å². The normalized spacial score (nSPS) is 15.9. The van der Waals surface area contributed by atoms with Crippen molar-refractivity contribution in [1.29, 1.82) is 0 Å². The number of nitrogens with zero attached hydrogens (tertiary/aromatic N) is 4. The highest BCUT2D eigenvalue weighted by Crippen LogP contribution is 2.17. The molecule has 2 heterocycles. The maximum atomic E-state index is 5.28. The van der Waals surface area contributed by atoms with E-state index in [1.54, 1.807) is 0 Å². The van der Waals surface area contributed by atoms with E-state index in [0.29, 0.717) is 5.82 Å². The van der Waals surface area contributed by atoms with E-state index in [0.717, 1.165) is 25.6 Å². The van der Waals surface area contributed by atoms with Crippen molar-refractivity contribution in [3.8, 4) is 12.3 Å². The van der Waals surface area contributed by atoms with Gasteiger partial charge < -0.3 is 4.90 Å².